The summed E-state index contributed by atoms with van der Waals surface area (Å²) in [5.41, 5.74) is 0.355. The van der Waals surface area contributed by atoms with Crippen molar-refractivity contribution in [2.45, 2.75) is 0 Å². The third-order valence-corrected chi connectivity index (χ3v) is 2.34. The molecule has 14 heavy (non-hydrogen) atoms. The molecule has 1 heterocycles. The maximum absolute atomic E-state index is 13.3. The van der Waals surface area contributed by atoms with Crippen LogP contribution in [0.5, 0.6) is 0 Å². The molecule has 6 heteroatoms. The molecule has 1 aromatic heterocycles. The van der Waals surface area contributed by atoms with Crippen LogP contribution in [0.3, 0.4) is 0 Å². The minimum atomic E-state index is -0.937. The van der Waals surface area contributed by atoms with Gasteiger partial charge in [0.1, 0.15) is 5.69 Å². The van der Waals surface area contributed by atoms with Crippen LogP contribution in [0.25, 0.3) is 11.3 Å². The molecular weight excluding hydrogens is 256 g/mol. The molecule has 1 N–H and O–H groups in total. The molecule has 2 rings (SSSR count). The lowest BCUT2D eigenvalue weighted by atomic mass is 10.1. The van der Waals surface area contributed by atoms with E-state index < -0.39 is 11.6 Å². The van der Waals surface area contributed by atoms with E-state index in [4.69, 9.17) is 0 Å². The Bertz CT molecular complexity index is 456. The van der Waals surface area contributed by atoms with E-state index in [0.29, 0.717) is 0 Å². The van der Waals surface area contributed by atoms with Crippen molar-refractivity contribution in [3.63, 3.8) is 0 Å². The lowest BCUT2D eigenvalue weighted by Gasteiger charge is -2.00. The van der Waals surface area contributed by atoms with Gasteiger partial charge in [0.25, 0.3) is 0 Å². The Hall–Kier alpha value is -1.30. The zero-order chi connectivity index (χ0) is 10.1. The second-order valence-electron chi connectivity index (χ2n) is 2.58. The van der Waals surface area contributed by atoms with Crippen molar-refractivity contribution < 1.29 is 8.78 Å². The van der Waals surface area contributed by atoms with Crippen LogP contribution in [0.4, 0.5) is 8.78 Å². The maximum atomic E-state index is 13.3. The normalized spacial score (nSPS) is 10.5. The fourth-order valence-corrected chi connectivity index (χ4v) is 1.36. The zero-order valence-electron chi connectivity index (χ0n) is 6.76. The molecule has 0 radical (unpaired) electrons. The summed E-state index contributed by atoms with van der Waals surface area (Å²) in [6.45, 7) is 0. The molecule has 3 nitrogen and oxygen atoms in total. The number of nitrogens with one attached hydrogen (secondary N) is 1. The molecule has 0 spiro atoms. The van der Waals surface area contributed by atoms with Gasteiger partial charge in [0.05, 0.1) is 10.7 Å². The van der Waals surface area contributed by atoms with E-state index >= 15 is 0 Å². The SMILES string of the molecule is Fc1c(Br)ccc(-c2cn[nH]n2)c1F. The first-order valence-corrected chi connectivity index (χ1v) is 4.49. The van der Waals surface area contributed by atoms with Crippen LogP contribution in [-0.4, -0.2) is 15.4 Å². The Morgan fingerprint density at radius 2 is 2.00 bits per heavy atom. The van der Waals surface area contributed by atoms with Crippen molar-refractivity contribution in [3.8, 4) is 11.3 Å². The van der Waals surface area contributed by atoms with Gasteiger partial charge in [0.2, 0.25) is 0 Å². The molecule has 0 fully saturated rings. The van der Waals surface area contributed by atoms with Gasteiger partial charge in [-0.2, -0.15) is 15.4 Å². The van der Waals surface area contributed by atoms with Crippen LogP contribution in [0, 0.1) is 11.6 Å². The average molecular weight is 260 g/mol. The molecule has 2 aromatic rings. The van der Waals surface area contributed by atoms with Gasteiger partial charge < -0.3 is 0 Å². The van der Waals surface area contributed by atoms with Crippen molar-refractivity contribution in [2.75, 3.05) is 0 Å². The van der Waals surface area contributed by atoms with E-state index in [2.05, 4.69) is 31.3 Å². The molecule has 0 amide bonds. The highest BCUT2D eigenvalue weighted by Crippen LogP contribution is 2.26. The van der Waals surface area contributed by atoms with Crippen LogP contribution in [0.15, 0.2) is 22.8 Å². The van der Waals surface area contributed by atoms with Gasteiger partial charge in [-0.1, -0.05) is 0 Å². The summed E-state index contributed by atoms with van der Waals surface area (Å²) in [4.78, 5) is 0. The van der Waals surface area contributed by atoms with Crippen molar-refractivity contribution in [1.82, 2.24) is 15.4 Å². The Morgan fingerprint density at radius 3 is 2.64 bits per heavy atom. The smallest absolute Gasteiger partial charge is 0.173 e. The molecule has 1 aromatic carbocycles. The highest BCUT2D eigenvalue weighted by Gasteiger charge is 2.14. The van der Waals surface area contributed by atoms with Gasteiger partial charge in [-0.25, -0.2) is 8.78 Å². The highest BCUT2D eigenvalue weighted by atomic mass is 79.9. The molecule has 0 aliphatic carbocycles. The molecule has 0 atom stereocenters. The largest absolute Gasteiger partial charge is 0.203 e. The molecular formula is C8H4BrF2N3. The molecule has 0 unspecified atom stereocenters. The lowest BCUT2D eigenvalue weighted by molar-refractivity contribution is 0.506. The first-order valence-electron chi connectivity index (χ1n) is 3.70. The molecule has 72 valence electrons. The Kier molecular flexibility index (Phi) is 2.28. The predicted octanol–water partition coefficient (Wildman–Crippen LogP) is 2.51. The van der Waals surface area contributed by atoms with Crippen molar-refractivity contribution in [1.29, 1.82) is 0 Å². The van der Waals surface area contributed by atoms with Gasteiger partial charge >= 0.3 is 0 Å². The minimum Gasteiger partial charge on any atom is -0.203 e. The van der Waals surface area contributed by atoms with Crippen LogP contribution in [0.2, 0.25) is 0 Å². The van der Waals surface area contributed by atoms with Gasteiger partial charge in [-0.05, 0) is 28.1 Å². The standard InChI is InChI=1S/C8H4BrF2N3/c9-5-2-1-4(7(10)8(5)11)6-3-12-14-13-6/h1-3H,(H,12,13,14). The van der Waals surface area contributed by atoms with E-state index in [0.717, 1.165) is 0 Å². The molecule has 0 aliphatic heterocycles. The zero-order valence-corrected chi connectivity index (χ0v) is 8.35. The Labute approximate surface area is 86.3 Å². The predicted molar refractivity (Wildman–Crippen MR) is 49.4 cm³/mol. The topological polar surface area (TPSA) is 41.6 Å². The van der Waals surface area contributed by atoms with E-state index in [-0.39, 0.29) is 15.7 Å². The maximum Gasteiger partial charge on any atom is 0.173 e. The van der Waals surface area contributed by atoms with Gasteiger partial charge in [0.15, 0.2) is 11.6 Å². The summed E-state index contributed by atoms with van der Waals surface area (Å²) in [6.07, 6.45) is 1.33. The minimum absolute atomic E-state index is 0.0828. The van der Waals surface area contributed by atoms with Gasteiger partial charge in [0, 0.05) is 5.56 Å². The summed E-state index contributed by atoms with van der Waals surface area (Å²) in [5.74, 6) is -1.86. The number of aromatic amines is 1. The van der Waals surface area contributed by atoms with E-state index in [1.807, 2.05) is 0 Å². The summed E-state index contributed by atoms with van der Waals surface area (Å²) >= 11 is 2.88. The monoisotopic (exact) mass is 259 g/mol. The van der Waals surface area contributed by atoms with E-state index in [1.165, 1.54) is 18.3 Å². The third-order valence-electron chi connectivity index (χ3n) is 1.73. The van der Waals surface area contributed by atoms with Crippen molar-refractivity contribution >= 4 is 15.9 Å². The number of hydrogen-bond acceptors (Lipinski definition) is 2. The summed E-state index contributed by atoms with van der Waals surface area (Å²) in [5, 5.41) is 9.50. The molecule has 0 saturated heterocycles. The number of H-pyrrole nitrogens is 1. The third kappa shape index (κ3) is 1.41. The fraction of sp³-hybridized carbons (Fsp3) is 0. The molecule has 0 aliphatic rings. The van der Waals surface area contributed by atoms with Gasteiger partial charge in [-0.3, -0.25) is 0 Å². The van der Waals surface area contributed by atoms with Crippen LogP contribution in [-0.2, 0) is 0 Å². The van der Waals surface area contributed by atoms with E-state index in [1.54, 1.807) is 0 Å². The number of hydrogen-bond donors (Lipinski definition) is 1. The van der Waals surface area contributed by atoms with Crippen LogP contribution in [0.1, 0.15) is 0 Å². The first kappa shape index (κ1) is 9.26. The number of benzene rings is 1. The Balaban J connectivity index is 2.61. The number of aromatic nitrogens is 3. The molecule has 0 bridgehead atoms. The van der Waals surface area contributed by atoms with Crippen molar-refractivity contribution in [2.24, 2.45) is 0 Å². The average Bonchev–Trinajstić information content (AvgIpc) is 2.67. The number of nitrogens with zero attached hydrogens (tertiary/aromatic N) is 2. The summed E-state index contributed by atoms with van der Waals surface area (Å²) < 4.78 is 26.5. The van der Waals surface area contributed by atoms with Gasteiger partial charge in [-0.15, -0.1) is 0 Å². The quantitative estimate of drug-likeness (QED) is 0.800. The fourth-order valence-electron chi connectivity index (χ4n) is 1.06. The summed E-state index contributed by atoms with van der Waals surface area (Å²) in [7, 11) is 0. The van der Waals surface area contributed by atoms with E-state index in [9.17, 15) is 8.78 Å². The second kappa shape index (κ2) is 3.45. The highest BCUT2D eigenvalue weighted by molar-refractivity contribution is 9.10. The Morgan fingerprint density at radius 1 is 1.21 bits per heavy atom. The number of rotatable bonds is 1. The second-order valence-corrected chi connectivity index (χ2v) is 3.43. The molecule has 0 saturated carbocycles. The van der Waals surface area contributed by atoms with Crippen LogP contribution < -0.4 is 0 Å². The first-order chi connectivity index (χ1) is 6.70. The van der Waals surface area contributed by atoms with Crippen LogP contribution >= 0.6 is 15.9 Å². The lowest BCUT2D eigenvalue weighted by Crippen LogP contribution is -1.91. The summed E-state index contributed by atoms with van der Waals surface area (Å²) in [6, 6.07) is 2.85. The number of halogens is 3. The van der Waals surface area contributed by atoms with Crippen molar-refractivity contribution in [3.05, 3.63) is 34.4 Å².